The van der Waals surface area contributed by atoms with E-state index in [2.05, 4.69) is 5.32 Å². The van der Waals surface area contributed by atoms with E-state index in [-0.39, 0.29) is 22.0 Å². The minimum absolute atomic E-state index is 0.00587. The molecule has 1 amide bonds. The second kappa shape index (κ2) is 8.07. The number of para-hydroxylation sites is 2. The molecule has 1 aliphatic rings. The standard InChI is InChI=1S/C18H20F3N3O4S/c1-23-11-13(29(26,27)24-8-4-5-9-24)10-15(23)17(25)22-14-6-2-3-7-16(14)28-12-18(19,20)21/h2-3,6-7,10-11H,4-5,8-9,12H2,1H3,(H,22,25). The molecule has 2 heterocycles. The summed E-state index contributed by atoms with van der Waals surface area (Å²) in [5.41, 5.74) is 0.0975. The fraction of sp³-hybridized carbons (Fsp3) is 0.389. The fourth-order valence-corrected chi connectivity index (χ4v) is 4.61. The molecule has 11 heteroatoms. The van der Waals surface area contributed by atoms with E-state index in [0.29, 0.717) is 13.1 Å². The predicted octanol–water partition coefficient (Wildman–Crippen LogP) is 3.00. The molecule has 1 fully saturated rings. The molecule has 2 aromatic rings. The Labute approximate surface area is 166 Å². The Morgan fingerprint density at radius 3 is 2.52 bits per heavy atom. The zero-order valence-electron chi connectivity index (χ0n) is 15.6. The molecule has 1 aromatic carbocycles. The van der Waals surface area contributed by atoms with Gasteiger partial charge in [-0.05, 0) is 31.0 Å². The number of carbonyl (C=O) groups is 1. The van der Waals surface area contributed by atoms with Crippen LogP contribution in [0.5, 0.6) is 5.75 Å². The van der Waals surface area contributed by atoms with Crippen LogP contribution in [0.15, 0.2) is 41.4 Å². The summed E-state index contributed by atoms with van der Waals surface area (Å²) in [6, 6.07) is 6.96. The van der Waals surface area contributed by atoms with Crippen molar-refractivity contribution in [3.63, 3.8) is 0 Å². The number of benzene rings is 1. The van der Waals surface area contributed by atoms with Crippen molar-refractivity contribution >= 4 is 21.6 Å². The van der Waals surface area contributed by atoms with Crippen molar-refractivity contribution in [2.24, 2.45) is 7.05 Å². The highest BCUT2D eigenvalue weighted by molar-refractivity contribution is 7.89. The van der Waals surface area contributed by atoms with Crippen LogP contribution in [0.1, 0.15) is 23.3 Å². The number of nitrogens with one attached hydrogen (secondary N) is 1. The second-order valence-electron chi connectivity index (χ2n) is 6.64. The van der Waals surface area contributed by atoms with Gasteiger partial charge in [0.05, 0.1) is 5.69 Å². The normalized spacial score (nSPS) is 15.4. The molecule has 0 unspecified atom stereocenters. The number of aryl methyl sites for hydroxylation is 1. The number of hydrogen-bond donors (Lipinski definition) is 1. The van der Waals surface area contributed by atoms with Gasteiger partial charge in [-0.25, -0.2) is 8.42 Å². The topological polar surface area (TPSA) is 80.6 Å². The molecular weight excluding hydrogens is 411 g/mol. The molecule has 0 aliphatic carbocycles. The number of amides is 1. The van der Waals surface area contributed by atoms with Crippen LogP contribution in [-0.4, -0.2) is 49.1 Å². The second-order valence-corrected chi connectivity index (χ2v) is 8.58. The Morgan fingerprint density at radius 2 is 1.86 bits per heavy atom. The van der Waals surface area contributed by atoms with Crippen molar-refractivity contribution in [1.82, 2.24) is 8.87 Å². The lowest BCUT2D eigenvalue weighted by molar-refractivity contribution is -0.153. The van der Waals surface area contributed by atoms with Crippen LogP contribution in [0.4, 0.5) is 18.9 Å². The van der Waals surface area contributed by atoms with Gasteiger partial charge in [-0.3, -0.25) is 4.79 Å². The maximum Gasteiger partial charge on any atom is 0.422 e. The summed E-state index contributed by atoms with van der Waals surface area (Å²) >= 11 is 0. The van der Waals surface area contributed by atoms with Crippen molar-refractivity contribution in [1.29, 1.82) is 0 Å². The minimum Gasteiger partial charge on any atom is -0.482 e. The highest BCUT2D eigenvalue weighted by Crippen LogP contribution is 2.28. The number of sulfonamides is 1. The quantitative estimate of drug-likeness (QED) is 0.763. The summed E-state index contributed by atoms with van der Waals surface area (Å²) in [6.45, 7) is -0.631. The van der Waals surface area contributed by atoms with E-state index < -0.39 is 28.7 Å². The molecule has 158 valence electrons. The van der Waals surface area contributed by atoms with Crippen LogP contribution in [0, 0.1) is 0 Å². The van der Waals surface area contributed by atoms with Crippen LogP contribution in [0.3, 0.4) is 0 Å². The van der Waals surface area contributed by atoms with Crippen LogP contribution < -0.4 is 10.1 Å². The molecule has 1 aliphatic heterocycles. The molecule has 0 atom stereocenters. The first-order valence-electron chi connectivity index (χ1n) is 8.84. The molecule has 29 heavy (non-hydrogen) atoms. The van der Waals surface area contributed by atoms with Crippen molar-refractivity contribution in [3.05, 3.63) is 42.2 Å². The number of carbonyl (C=O) groups excluding carboxylic acids is 1. The van der Waals surface area contributed by atoms with Gasteiger partial charge in [0.1, 0.15) is 16.3 Å². The third-order valence-corrected chi connectivity index (χ3v) is 6.31. The summed E-state index contributed by atoms with van der Waals surface area (Å²) in [6.07, 6.45) is -1.61. The smallest absolute Gasteiger partial charge is 0.422 e. The number of ether oxygens (including phenoxy) is 1. The van der Waals surface area contributed by atoms with Gasteiger partial charge >= 0.3 is 6.18 Å². The number of alkyl halides is 3. The number of nitrogens with zero attached hydrogens (tertiary/aromatic N) is 2. The maximum atomic E-state index is 12.7. The van der Waals surface area contributed by atoms with Crippen molar-refractivity contribution in [2.75, 3.05) is 25.0 Å². The summed E-state index contributed by atoms with van der Waals surface area (Å²) in [5, 5.41) is 2.48. The Bertz CT molecular complexity index is 996. The monoisotopic (exact) mass is 431 g/mol. The van der Waals surface area contributed by atoms with Gasteiger partial charge in [0.15, 0.2) is 6.61 Å². The first-order valence-corrected chi connectivity index (χ1v) is 10.3. The van der Waals surface area contributed by atoms with E-state index in [1.807, 2.05) is 0 Å². The number of rotatable bonds is 6. The summed E-state index contributed by atoms with van der Waals surface area (Å²) < 4.78 is 70.1. The Kier molecular flexibility index (Phi) is 5.90. The van der Waals surface area contributed by atoms with E-state index >= 15 is 0 Å². The lowest BCUT2D eigenvalue weighted by Gasteiger charge is -2.14. The molecule has 0 radical (unpaired) electrons. The van der Waals surface area contributed by atoms with E-state index in [1.165, 1.54) is 52.4 Å². The van der Waals surface area contributed by atoms with Gasteiger partial charge in [-0.15, -0.1) is 0 Å². The van der Waals surface area contributed by atoms with Gasteiger partial charge in [0.25, 0.3) is 5.91 Å². The molecule has 1 aromatic heterocycles. The minimum atomic E-state index is -4.52. The molecule has 0 bridgehead atoms. The number of aromatic nitrogens is 1. The van der Waals surface area contributed by atoms with Gasteiger partial charge < -0.3 is 14.6 Å². The average Bonchev–Trinajstić information content (AvgIpc) is 3.30. The van der Waals surface area contributed by atoms with Gasteiger partial charge in [-0.1, -0.05) is 12.1 Å². The van der Waals surface area contributed by atoms with E-state index in [1.54, 1.807) is 0 Å². The fourth-order valence-electron chi connectivity index (χ4n) is 3.02. The largest absolute Gasteiger partial charge is 0.482 e. The number of halogens is 3. The summed E-state index contributed by atoms with van der Waals surface area (Å²) in [5.74, 6) is -0.810. The number of anilines is 1. The van der Waals surface area contributed by atoms with Crippen LogP contribution in [-0.2, 0) is 17.1 Å². The lowest BCUT2D eigenvalue weighted by atomic mass is 10.2. The zero-order valence-corrected chi connectivity index (χ0v) is 16.4. The number of hydrogen-bond acceptors (Lipinski definition) is 4. The first kappa shape index (κ1) is 21.2. The van der Waals surface area contributed by atoms with Gasteiger partial charge in [0, 0.05) is 26.3 Å². The third kappa shape index (κ3) is 4.91. The molecule has 7 nitrogen and oxygen atoms in total. The summed E-state index contributed by atoms with van der Waals surface area (Å²) in [7, 11) is -2.18. The molecule has 3 rings (SSSR count). The van der Waals surface area contributed by atoms with Crippen molar-refractivity contribution < 1.29 is 31.1 Å². The van der Waals surface area contributed by atoms with Crippen LogP contribution in [0.2, 0.25) is 0 Å². The molecule has 0 saturated carbocycles. The predicted molar refractivity (Wildman–Crippen MR) is 99.4 cm³/mol. The molecule has 1 saturated heterocycles. The Hall–Kier alpha value is -2.53. The maximum absolute atomic E-state index is 12.7. The molecular formula is C18H20F3N3O4S. The Balaban J connectivity index is 1.80. The van der Waals surface area contributed by atoms with Crippen molar-refractivity contribution in [3.8, 4) is 5.75 Å². The highest BCUT2D eigenvalue weighted by Gasteiger charge is 2.30. The van der Waals surface area contributed by atoms with Gasteiger partial charge in [-0.2, -0.15) is 17.5 Å². The van der Waals surface area contributed by atoms with Crippen LogP contribution >= 0.6 is 0 Å². The Morgan fingerprint density at radius 1 is 1.21 bits per heavy atom. The molecule has 1 N–H and O–H groups in total. The van der Waals surface area contributed by atoms with E-state index in [0.717, 1.165) is 12.8 Å². The lowest BCUT2D eigenvalue weighted by Crippen LogP contribution is -2.27. The van der Waals surface area contributed by atoms with E-state index in [4.69, 9.17) is 4.74 Å². The van der Waals surface area contributed by atoms with E-state index in [9.17, 15) is 26.4 Å². The van der Waals surface area contributed by atoms with Gasteiger partial charge in [0.2, 0.25) is 10.0 Å². The summed E-state index contributed by atoms with van der Waals surface area (Å²) in [4.78, 5) is 12.6. The molecule has 0 spiro atoms. The van der Waals surface area contributed by atoms with Crippen molar-refractivity contribution in [2.45, 2.75) is 23.9 Å². The SMILES string of the molecule is Cn1cc(S(=O)(=O)N2CCCC2)cc1C(=O)Nc1ccccc1OCC(F)(F)F. The third-order valence-electron chi connectivity index (χ3n) is 4.44. The highest BCUT2D eigenvalue weighted by atomic mass is 32.2. The average molecular weight is 431 g/mol. The van der Waals surface area contributed by atoms with Crippen LogP contribution in [0.25, 0.3) is 0 Å². The zero-order chi connectivity index (χ0) is 21.2. The first-order chi connectivity index (χ1) is 13.6.